The van der Waals surface area contributed by atoms with E-state index in [0.717, 1.165) is 15.4 Å². The molecule has 0 spiro atoms. The SMILES string of the molecule is COc1cc(CC(=O)N(C)c2cc(Cl)ncn2)cc(OC)c1.COc1cc(OC)cc(N(C(=O)OC(C)(C)C)C(=O)N(C)c2cc(Cl)ncn2)c1. The average Bonchev–Trinajstić information content (AvgIpc) is 3.10. The van der Waals surface area contributed by atoms with Gasteiger partial charge in [0.2, 0.25) is 5.91 Å². The number of rotatable bonds is 9. The van der Waals surface area contributed by atoms with Crippen LogP contribution in [0.5, 0.6) is 23.0 Å². The van der Waals surface area contributed by atoms with E-state index >= 15 is 0 Å². The molecule has 0 unspecified atom stereocenters. The predicted molar refractivity (Wildman–Crippen MR) is 193 cm³/mol. The van der Waals surface area contributed by atoms with Crippen molar-refractivity contribution in [1.29, 1.82) is 0 Å². The molecule has 0 saturated heterocycles. The first-order valence-corrected chi connectivity index (χ1v) is 15.8. The summed E-state index contributed by atoms with van der Waals surface area (Å²) in [5, 5.41) is 0.439. The van der Waals surface area contributed by atoms with Crippen molar-refractivity contribution in [2.45, 2.75) is 32.8 Å². The Kier molecular flexibility index (Phi) is 14.1. The first-order valence-electron chi connectivity index (χ1n) is 15.1. The van der Waals surface area contributed by atoms with Gasteiger partial charge in [0.15, 0.2) is 0 Å². The van der Waals surface area contributed by atoms with E-state index in [-0.39, 0.29) is 34.1 Å². The summed E-state index contributed by atoms with van der Waals surface area (Å²) in [5.74, 6) is 2.58. The van der Waals surface area contributed by atoms with Gasteiger partial charge in [-0.15, -0.1) is 0 Å². The lowest BCUT2D eigenvalue weighted by Gasteiger charge is -2.29. The standard InChI is InChI=1S/C19H23ClN4O5.C15H16ClN3O3/c1-19(2,3)29-18(26)24(12-7-13(27-5)9-14(8-12)28-6)17(25)23(4)16-10-15(20)21-11-22-16;1-19(14-8-13(16)17-9-18-14)15(20)6-10-4-11(21-2)7-12(5-10)22-3/h7-11H,1-6H3;4-5,7-9H,6H2,1-3H3. The molecule has 0 radical (unpaired) electrons. The monoisotopic (exact) mass is 743 g/mol. The fourth-order valence-electron chi connectivity index (χ4n) is 4.18. The number of carbonyl (C=O) groups is 3. The van der Waals surface area contributed by atoms with Crippen LogP contribution in [-0.2, 0) is 16.0 Å². The van der Waals surface area contributed by atoms with Crippen LogP contribution in [0.2, 0.25) is 10.3 Å². The summed E-state index contributed by atoms with van der Waals surface area (Å²) in [6.07, 6.45) is 1.85. The van der Waals surface area contributed by atoms with E-state index in [9.17, 15) is 14.4 Å². The molecule has 17 heteroatoms. The zero-order chi connectivity index (χ0) is 37.9. The van der Waals surface area contributed by atoms with Gasteiger partial charge < -0.3 is 23.7 Å². The lowest BCUT2D eigenvalue weighted by atomic mass is 10.1. The number of aromatic nitrogens is 4. The largest absolute Gasteiger partial charge is 0.497 e. The van der Waals surface area contributed by atoms with Gasteiger partial charge in [0.25, 0.3) is 0 Å². The third-order valence-electron chi connectivity index (χ3n) is 6.72. The molecule has 272 valence electrons. The highest BCUT2D eigenvalue weighted by Crippen LogP contribution is 2.31. The summed E-state index contributed by atoms with van der Waals surface area (Å²) in [5.41, 5.74) is 0.163. The van der Waals surface area contributed by atoms with Crippen LogP contribution in [0, 0.1) is 0 Å². The van der Waals surface area contributed by atoms with Gasteiger partial charge in [0.05, 0.1) is 40.5 Å². The Balaban J connectivity index is 0.000000286. The summed E-state index contributed by atoms with van der Waals surface area (Å²) in [6.45, 7) is 5.11. The van der Waals surface area contributed by atoms with E-state index in [1.807, 2.05) is 0 Å². The molecule has 51 heavy (non-hydrogen) atoms. The second-order valence-electron chi connectivity index (χ2n) is 11.5. The number of hydrogen-bond acceptors (Lipinski definition) is 12. The van der Waals surface area contributed by atoms with Crippen molar-refractivity contribution >= 4 is 58.6 Å². The number of methoxy groups -OCH3 is 4. The maximum Gasteiger partial charge on any atom is 0.423 e. The molecule has 0 aliphatic rings. The van der Waals surface area contributed by atoms with E-state index in [0.29, 0.717) is 28.8 Å². The number of carbonyl (C=O) groups excluding carboxylic acids is 3. The van der Waals surface area contributed by atoms with E-state index < -0.39 is 17.7 Å². The van der Waals surface area contributed by atoms with Gasteiger partial charge in [-0.05, 0) is 38.5 Å². The number of likely N-dealkylation sites (N-methyl/N-ethyl adjacent to an activating group) is 1. The topological polar surface area (TPSA) is 159 Å². The van der Waals surface area contributed by atoms with Crippen LogP contribution < -0.4 is 33.6 Å². The number of urea groups is 1. The number of amides is 4. The Hall–Kier alpha value is -5.41. The highest BCUT2D eigenvalue weighted by molar-refractivity contribution is 6.30. The lowest BCUT2D eigenvalue weighted by molar-refractivity contribution is -0.117. The van der Waals surface area contributed by atoms with Crippen LogP contribution in [-0.4, -0.2) is 86.1 Å². The van der Waals surface area contributed by atoms with Crippen LogP contribution in [0.1, 0.15) is 26.3 Å². The molecule has 0 bridgehead atoms. The summed E-state index contributed by atoms with van der Waals surface area (Å²) in [4.78, 5) is 57.6. The van der Waals surface area contributed by atoms with Crippen LogP contribution in [0.15, 0.2) is 61.2 Å². The average molecular weight is 745 g/mol. The lowest BCUT2D eigenvalue weighted by Crippen LogP contribution is -2.47. The molecule has 2 aromatic carbocycles. The third kappa shape index (κ3) is 11.6. The maximum absolute atomic E-state index is 13.2. The fraction of sp³-hybridized carbons (Fsp3) is 0.324. The van der Waals surface area contributed by atoms with Crippen molar-refractivity contribution in [2.24, 2.45) is 0 Å². The number of nitrogens with zero attached hydrogens (tertiary/aromatic N) is 7. The number of hydrogen-bond donors (Lipinski definition) is 0. The van der Waals surface area contributed by atoms with E-state index in [1.165, 1.54) is 63.1 Å². The summed E-state index contributed by atoms with van der Waals surface area (Å²) < 4.78 is 26.3. The second kappa shape index (κ2) is 18.0. The minimum atomic E-state index is -0.871. The predicted octanol–water partition coefficient (Wildman–Crippen LogP) is 6.50. The van der Waals surface area contributed by atoms with Crippen LogP contribution in [0.3, 0.4) is 0 Å². The van der Waals surface area contributed by atoms with E-state index in [4.69, 9.17) is 46.9 Å². The molecule has 2 aromatic heterocycles. The van der Waals surface area contributed by atoms with Gasteiger partial charge in [-0.3, -0.25) is 14.6 Å². The van der Waals surface area contributed by atoms with Crippen molar-refractivity contribution in [3.8, 4) is 23.0 Å². The Bertz CT molecular complexity index is 1800. The molecule has 15 nitrogen and oxygen atoms in total. The van der Waals surface area contributed by atoms with E-state index in [1.54, 1.807) is 66.3 Å². The van der Waals surface area contributed by atoms with E-state index in [2.05, 4.69) is 19.9 Å². The summed E-state index contributed by atoms with van der Waals surface area (Å²) in [7, 11) is 9.15. The molecule has 0 fully saturated rings. The van der Waals surface area contributed by atoms with Gasteiger partial charge in [0, 0.05) is 50.5 Å². The van der Waals surface area contributed by atoms with Crippen LogP contribution >= 0.6 is 23.2 Å². The zero-order valence-corrected chi connectivity index (χ0v) is 31.1. The summed E-state index contributed by atoms with van der Waals surface area (Å²) >= 11 is 11.7. The molecule has 0 atom stereocenters. The smallest absolute Gasteiger partial charge is 0.423 e. The maximum atomic E-state index is 13.2. The van der Waals surface area contributed by atoms with Gasteiger partial charge in [-0.2, -0.15) is 4.90 Å². The molecule has 0 aliphatic carbocycles. The highest BCUT2D eigenvalue weighted by Gasteiger charge is 2.33. The molecular formula is C34H39Cl2N7O8. The molecule has 4 aromatic rings. The molecule has 4 amide bonds. The van der Waals surface area contributed by atoms with Gasteiger partial charge >= 0.3 is 12.1 Å². The molecular weight excluding hydrogens is 705 g/mol. The van der Waals surface area contributed by atoms with Crippen LogP contribution in [0.25, 0.3) is 0 Å². The number of halogens is 2. The molecule has 0 N–H and O–H groups in total. The quantitative estimate of drug-likeness (QED) is 0.172. The summed E-state index contributed by atoms with van der Waals surface area (Å²) in [6, 6.07) is 12.2. The zero-order valence-electron chi connectivity index (χ0n) is 29.6. The van der Waals surface area contributed by atoms with Crippen molar-refractivity contribution in [3.63, 3.8) is 0 Å². The van der Waals surface area contributed by atoms with Crippen molar-refractivity contribution in [2.75, 3.05) is 57.2 Å². The van der Waals surface area contributed by atoms with Gasteiger partial charge in [-0.1, -0.05) is 23.2 Å². The van der Waals surface area contributed by atoms with Crippen molar-refractivity contribution in [3.05, 3.63) is 77.1 Å². The molecule has 0 saturated carbocycles. The Morgan fingerprint density at radius 1 is 0.647 bits per heavy atom. The Morgan fingerprint density at radius 2 is 1.08 bits per heavy atom. The van der Waals surface area contributed by atoms with Crippen molar-refractivity contribution < 1.29 is 38.1 Å². The Morgan fingerprint density at radius 3 is 1.49 bits per heavy atom. The molecule has 2 heterocycles. The minimum absolute atomic E-state index is 0.134. The molecule has 4 rings (SSSR count). The Labute approximate surface area is 306 Å². The first kappa shape index (κ1) is 40.0. The molecule has 0 aliphatic heterocycles. The number of benzene rings is 2. The van der Waals surface area contributed by atoms with Gasteiger partial charge in [-0.25, -0.2) is 29.5 Å². The third-order valence-corrected chi connectivity index (χ3v) is 7.13. The second-order valence-corrected chi connectivity index (χ2v) is 12.3. The minimum Gasteiger partial charge on any atom is -0.497 e. The van der Waals surface area contributed by atoms with Gasteiger partial charge in [0.1, 0.15) is 63.2 Å². The number of anilines is 3. The van der Waals surface area contributed by atoms with Crippen molar-refractivity contribution in [1.82, 2.24) is 19.9 Å². The number of imide groups is 1. The fourth-order valence-corrected chi connectivity index (χ4v) is 4.46. The van der Waals surface area contributed by atoms with Crippen LogP contribution in [0.4, 0.5) is 26.9 Å². The first-order chi connectivity index (χ1) is 24.1. The number of ether oxygens (including phenoxy) is 5. The normalized spacial score (nSPS) is 10.6. The highest BCUT2D eigenvalue weighted by atomic mass is 35.5.